The lowest BCUT2D eigenvalue weighted by atomic mass is 9.84. The number of rotatable bonds is 1. The van der Waals surface area contributed by atoms with Crippen molar-refractivity contribution in [3.05, 3.63) is 12.2 Å². The summed E-state index contributed by atoms with van der Waals surface area (Å²) in [6, 6.07) is 0. The Bertz CT molecular complexity index is 356. The first-order valence-electron chi connectivity index (χ1n) is 5.09. The molecule has 0 amide bonds. The molecule has 0 bridgehead atoms. The van der Waals surface area contributed by atoms with Crippen molar-refractivity contribution < 1.29 is 13.7 Å². The molecule has 1 aromatic heterocycles. The Morgan fingerprint density at radius 3 is 2.07 bits per heavy atom. The Morgan fingerprint density at radius 2 is 1.67 bits per heavy atom. The molecular weight excluding hydrogens is 193 g/mol. The van der Waals surface area contributed by atoms with E-state index in [1.165, 1.54) is 6.39 Å². The lowest BCUT2D eigenvalue weighted by molar-refractivity contribution is 0.00578. The smallest absolute Gasteiger partial charge is 0.449 e. The molecule has 0 spiro atoms. The Balaban J connectivity index is 2.27. The summed E-state index contributed by atoms with van der Waals surface area (Å²) in [5.41, 5.74) is 0.0696. The van der Waals surface area contributed by atoms with Gasteiger partial charge in [0.2, 0.25) is 0 Å². The van der Waals surface area contributed by atoms with Crippen LogP contribution in [-0.2, 0) is 9.31 Å². The molecule has 0 radical (unpaired) electrons. The molecule has 1 saturated heterocycles. The standard InChI is InChI=1S/C10H16BNO3/c1-7-8(12-6-13-7)11-14-9(2,3)10(4,5)15-11/h6H,1-5H3. The third-order valence-corrected chi connectivity index (χ3v) is 3.26. The zero-order valence-electron chi connectivity index (χ0n) is 9.83. The Morgan fingerprint density at radius 1 is 1.13 bits per heavy atom. The fourth-order valence-corrected chi connectivity index (χ4v) is 1.49. The molecule has 2 rings (SSSR count). The lowest BCUT2D eigenvalue weighted by Gasteiger charge is -2.32. The fraction of sp³-hybridized carbons (Fsp3) is 0.700. The van der Waals surface area contributed by atoms with Crippen molar-refractivity contribution >= 4 is 12.7 Å². The summed E-state index contributed by atoms with van der Waals surface area (Å²) < 4.78 is 16.8. The Labute approximate surface area is 90.1 Å². The van der Waals surface area contributed by atoms with Crippen molar-refractivity contribution in [3.8, 4) is 0 Å². The normalized spacial score (nSPS) is 23.4. The molecule has 0 aromatic carbocycles. The summed E-state index contributed by atoms with van der Waals surface area (Å²) in [4.78, 5) is 4.11. The number of aromatic nitrogens is 1. The molecule has 1 aliphatic heterocycles. The maximum absolute atomic E-state index is 5.84. The molecule has 2 heterocycles. The van der Waals surface area contributed by atoms with Gasteiger partial charge in [0.05, 0.1) is 11.2 Å². The van der Waals surface area contributed by atoms with Gasteiger partial charge in [0, 0.05) is 0 Å². The maximum atomic E-state index is 5.84. The minimum absolute atomic E-state index is 0.330. The summed E-state index contributed by atoms with van der Waals surface area (Å²) in [5.74, 6) is 0.744. The van der Waals surface area contributed by atoms with Gasteiger partial charge in [-0.2, -0.15) is 0 Å². The summed E-state index contributed by atoms with van der Waals surface area (Å²) in [7, 11) is -0.422. The second-order valence-electron chi connectivity index (χ2n) is 4.88. The first kappa shape index (κ1) is 10.7. The van der Waals surface area contributed by atoms with E-state index in [1.54, 1.807) is 0 Å². The molecule has 0 N–H and O–H groups in total. The van der Waals surface area contributed by atoms with Crippen LogP contribution < -0.4 is 5.59 Å². The van der Waals surface area contributed by atoms with Crippen LogP contribution in [0.15, 0.2) is 10.8 Å². The molecule has 1 fully saturated rings. The fourth-order valence-electron chi connectivity index (χ4n) is 1.49. The van der Waals surface area contributed by atoms with Crippen LogP contribution in [0.3, 0.4) is 0 Å². The van der Waals surface area contributed by atoms with Gasteiger partial charge in [0.25, 0.3) is 0 Å². The minimum atomic E-state index is -0.422. The topological polar surface area (TPSA) is 44.5 Å². The van der Waals surface area contributed by atoms with Gasteiger partial charge in [-0.3, -0.25) is 0 Å². The van der Waals surface area contributed by atoms with E-state index < -0.39 is 7.12 Å². The molecule has 0 atom stereocenters. The van der Waals surface area contributed by atoms with Crippen molar-refractivity contribution in [2.75, 3.05) is 0 Å². The SMILES string of the molecule is Cc1ocnc1B1OC(C)(C)C(C)(C)O1. The summed E-state index contributed by atoms with van der Waals surface area (Å²) in [6.07, 6.45) is 1.41. The van der Waals surface area contributed by atoms with Crippen LogP contribution in [0, 0.1) is 6.92 Å². The molecule has 82 valence electrons. The molecule has 5 heteroatoms. The molecule has 4 nitrogen and oxygen atoms in total. The van der Waals surface area contributed by atoms with Crippen LogP contribution in [0.4, 0.5) is 0 Å². The Hall–Kier alpha value is -0.805. The van der Waals surface area contributed by atoms with Crippen LogP contribution in [0.5, 0.6) is 0 Å². The quantitative estimate of drug-likeness (QED) is 0.653. The third kappa shape index (κ3) is 1.60. The van der Waals surface area contributed by atoms with Crippen LogP contribution in [0.2, 0.25) is 0 Å². The highest BCUT2D eigenvalue weighted by atomic mass is 16.7. The van der Waals surface area contributed by atoms with E-state index in [2.05, 4.69) is 4.98 Å². The molecule has 0 unspecified atom stereocenters. The number of hydrogen-bond acceptors (Lipinski definition) is 4. The van der Waals surface area contributed by atoms with E-state index in [0.717, 1.165) is 11.4 Å². The van der Waals surface area contributed by atoms with Crippen LogP contribution in [0.25, 0.3) is 0 Å². The van der Waals surface area contributed by atoms with Crippen molar-refractivity contribution in [2.24, 2.45) is 0 Å². The van der Waals surface area contributed by atoms with Gasteiger partial charge in [-0.05, 0) is 34.6 Å². The largest absolute Gasteiger partial charge is 0.518 e. The molecule has 15 heavy (non-hydrogen) atoms. The van der Waals surface area contributed by atoms with Crippen LogP contribution in [-0.4, -0.2) is 23.3 Å². The highest BCUT2D eigenvalue weighted by Crippen LogP contribution is 2.36. The summed E-state index contributed by atoms with van der Waals surface area (Å²) in [6.45, 7) is 9.92. The monoisotopic (exact) mass is 209 g/mol. The maximum Gasteiger partial charge on any atom is 0.518 e. The number of hydrogen-bond donors (Lipinski definition) is 0. The molecule has 0 aliphatic carbocycles. The zero-order valence-corrected chi connectivity index (χ0v) is 9.83. The lowest BCUT2D eigenvalue weighted by Crippen LogP contribution is -2.41. The summed E-state index contributed by atoms with van der Waals surface area (Å²) in [5, 5.41) is 0. The highest BCUT2D eigenvalue weighted by Gasteiger charge is 2.53. The molecular formula is C10H16BNO3. The third-order valence-electron chi connectivity index (χ3n) is 3.26. The van der Waals surface area contributed by atoms with E-state index in [1.807, 2.05) is 34.6 Å². The van der Waals surface area contributed by atoms with Gasteiger partial charge in [0.15, 0.2) is 6.39 Å². The van der Waals surface area contributed by atoms with Gasteiger partial charge in [-0.15, -0.1) is 0 Å². The van der Waals surface area contributed by atoms with Gasteiger partial charge in [0.1, 0.15) is 11.4 Å². The second-order valence-corrected chi connectivity index (χ2v) is 4.88. The first-order chi connectivity index (χ1) is 6.83. The highest BCUT2D eigenvalue weighted by molar-refractivity contribution is 6.61. The van der Waals surface area contributed by atoms with Gasteiger partial charge >= 0.3 is 7.12 Å². The number of oxazole rings is 1. The van der Waals surface area contributed by atoms with Gasteiger partial charge < -0.3 is 13.7 Å². The predicted octanol–water partition coefficient (Wildman–Crippen LogP) is 1.28. The van der Waals surface area contributed by atoms with E-state index in [4.69, 9.17) is 13.7 Å². The van der Waals surface area contributed by atoms with Crippen molar-refractivity contribution in [3.63, 3.8) is 0 Å². The van der Waals surface area contributed by atoms with E-state index >= 15 is 0 Å². The van der Waals surface area contributed by atoms with E-state index in [-0.39, 0.29) is 11.2 Å². The van der Waals surface area contributed by atoms with E-state index in [0.29, 0.717) is 0 Å². The molecule has 1 aromatic rings. The minimum Gasteiger partial charge on any atom is -0.449 e. The van der Waals surface area contributed by atoms with Crippen LogP contribution >= 0.6 is 0 Å². The first-order valence-corrected chi connectivity index (χ1v) is 5.09. The molecule has 0 saturated carbocycles. The van der Waals surface area contributed by atoms with E-state index in [9.17, 15) is 0 Å². The van der Waals surface area contributed by atoms with Gasteiger partial charge in [-0.25, -0.2) is 4.98 Å². The average molecular weight is 209 g/mol. The van der Waals surface area contributed by atoms with Gasteiger partial charge in [-0.1, -0.05) is 0 Å². The predicted molar refractivity (Wildman–Crippen MR) is 57.0 cm³/mol. The number of aryl methyl sites for hydroxylation is 1. The van der Waals surface area contributed by atoms with Crippen molar-refractivity contribution in [1.82, 2.24) is 4.98 Å². The van der Waals surface area contributed by atoms with Crippen molar-refractivity contribution in [2.45, 2.75) is 45.8 Å². The summed E-state index contributed by atoms with van der Waals surface area (Å²) >= 11 is 0. The van der Waals surface area contributed by atoms with Crippen LogP contribution in [0.1, 0.15) is 33.5 Å². The van der Waals surface area contributed by atoms with Crippen molar-refractivity contribution in [1.29, 1.82) is 0 Å². The average Bonchev–Trinajstić information content (AvgIpc) is 2.55. The second kappa shape index (κ2) is 3.09. The number of nitrogens with zero attached hydrogens (tertiary/aromatic N) is 1. The zero-order chi connectivity index (χ0) is 11.3. The molecule has 1 aliphatic rings. The Kier molecular flexibility index (Phi) is 2.21.